The lowest BCUT2D eigenvalue weighted by Crippen LogP contribution is -2.23. The molecule has 1 aliphatic heterocycles. The van der Waals surface area contributed by atoms with E-state index in [-0.39, 0.29) is 15.8 Å². The molecule has 0 radical (unpaired) electrons. The van der Waals surface area contributed by atoms with Crippen molar-refractivity contribution in [3.8, 4) is 0 Å². The molecule has 1 heterocycles. The third-order valence-corrected chi connectivity index (χ3v) is 5.82. The molecule has 12 heteroatoms. The van der Waals surface area contributed by atoms with E-state index in [4.69, 9.17) is 0 Å². The number of rotatable bonds is 3. The van der Waals surface area contributed by atoms with E-state index in [0.717, 1.165) is 24.3 Å². The van der Waals surface area contributed by atoms with Crippen molar-refractivity contribution in [3.63, 3.8) is 0 Å². The highest BCUT2D eigenvalue weighted by atomic mass is 32.2. The van der Waals surface area contributed by atoms with Crippen LogP contribution in [0.2, 0.25) is 0 Å². The summed E-state index contributed by atoms with van der Waals surface area (Å²) in [5, 5.41) is 4.63. The number of fused-ring (bicyclic) bond motifs is 1. The molecular weight excluding hydrogens is 422 g/mol. The van der Waals surface area contributed by atoms with Gasteiger partial charge < -0.3 is 10.6 Å². The Balaban J connectivity index is 1.70. The second kappa shape index (κ2) is 7.43. The van der Waals surface area contributed by atoms with Crippen LogP contribution in [-0.2, 0) is 21.0 Å². The number of amidine groups is 1. The first kappa shape index (κ1) is 20.1. The Labute approximate surface area is 161 Å². The lowest BCUT2D eigenvalue weighted by atomic mass is 10.1. The van der Waals surface area contributed by atoms with Gasteiger partial charge >= 0.3 is 6.18 Å². The van der Waals surface area contributed by atoms with E-state index in [1.165, 1.54) is 18.2 Å². The predicted octanol–water partition coefficient (Wildman–Crippen LogP) is 3.69. The van der Waals surface area contributed by atoms with E-state index in [1.807, 2.05) is 0 Å². The molecule has 3 rings (SSSR count). The van der Waals surface area contributed by atoms with Gasteiger partial charge in [-0.2, -0.15) is 21.6 Å². The molecule has 0 unspecified atom stereocenters. The van der Waals surface area contributed by atoms with Crippen molar-refractivity contribution >= 4 is 44.2 Å². The number of hydrogen-bond acceptors (Lipinski definition) is 5. The Morgan fingerprint density at radius 3 is 2.61 bits per heavy atom. The average Bonchev–Trinajstić information content (AvgIpc) is 2.60. The lowest BCUT2D eigenvalue weighted by molar-refractivity contribution is -0.137. The highest BCUT2D eigenvalue weighted by Crippen LogP contribution is 2.35. The van der Waals surface area contributed by atoms with Crippen LogP contribution in [0.3, 0.4) is 0 Å². The summed E-state index contributed by atoms with van der Waals surface area (Å²) in [4.78, 5) is 11.7. The summed E-state index contributed by atoms with van der Waals surface area (Å²) in [6.07, 6.45) is -4.64. The molecule has 28 heavy (non-hydrogen) atoms. The van der Waals surface area contributed by atoms with Gasteiger partial charge in [0.2, 0.25) is 5.91 Å². The number of benzene rings is 2. The Morgan fingerprint density at radius 1 is 1.18 bits per heavy atom. The van der Waals surface area contributed by atoms with Crippen molar-refractivity contribution < 1.29 is 30.8 Å². The van der Waals surface area contributed by atoms with Crippen molar-refractivity contribution in [3.05, 3.63) is 53.8 Å². The fraction of sp³-hybridized carbons (Fsp3) is 0.125. The SMILES string of the molecule is O=C(CSC1=NS(=O)(=O)c2cc(F)ccc2N1)Nc1ccccc1C(F)(F)F. The summed E-state index contributed by atoms with van der Waals surface area (Å²) in [5.41, 5.74) is -1.32. The van der Waals surface area contributed by atoms with Gasteiger partial charge in [-0.25, -0.2) is 4.39 Å². The summed E-state index contributed by atoms with van der Waals surface area (Å²) in [6.45, 7) is 0. The van der Waals surface area contributed by atoms with Gasteiger partial charge in [-0.05, 0) is 30.3 Å². The van der Waals surface area contributed by atoms with Crippen LogP contribution in [0.1, 0.15) is 5.56 Å². The van der Waals surface area contributed by atoms with Crippen LogP contribution in [0.5, 0.6) is 0 Å². The number of nitrogens with zero attached hydrogens (tertiary/aromatic N) is 1. The summed E-state index contributed by atoms with van der Waals surface area (Å²) in [7, 11) is -4.16. The smallest absolute Gasteiger partial charge is 0.333 e. The molecule has 0 saturated heterocycles. The van der Waals surface area contributed by atoms with Gasteiger partial charge in [-0.15, -0.1) is 4.40 Å². The molecule has 0 spiro atoms. The maximum absolute atomic E-state index is 13.2. The second-order valence-electron chi connectivity index (χ2n) is 5.52. The average molecular weight is 433 g/mol. The molecule has 0 aromatic heterocycles. The number of anilines is 2. The van der Waals surface area contributed by atoms with Crippen LogP contribution < -0.4 is 10.6 Å². The van der Waals surface area contributed by atoms with Gasteiger partial charge in [0.05, 0.1) is 22.7 Å². The van der Waals surface area contributed by atoms with Gasteiger partial charge in [0, 0.05) is 0 Å². The van der Waals surface area contributed by atoms with Crippen LogP contribution in [0.4, 0.5) is 28.9 Å². The molecule has 2 aromatic carbocycles. The van der Waals surface area contributed by atoms with Crippen molar-refractivity contribution in [2.75, 3.05) is 16.4 Å². The minimum Gasteiger partial charge on any atom is -0.333 e. The first-order valence-corrected chi connectivity index (χ1v) is 9.99. The van der Waals surface area contributed by atoms with E-state index in [1.54, 1.807) is 0 Å². The molecule has 1 aliphatic rings. The van der Waals surface area contributed by atoms with Crippen molar-refractivity contribution in [1.29, 1.82) is 0 Å². The van der Waals surface area contributed by atoms with Crippen molar-refractivity contribution in [2.24, 2.45) is 4.40 Å². The van der Waals surface area contributed by atoms with Gasteiger partial charge in [-0.3, -0.25) is 4.79 Å². The molecule has 148 valence electrons. The zero-order chi connectivity index (χ0) is 20.5. The Morgan fingerprint density at radius 2 is 1.89 bits per heavy atom. The van der Waals surface area contributed by atoms with Gasteiger partial charge in [0.1, 0.15) is 10.7 Å². The summed E-state index contributed by atoms with van der Waals surface area (Å²) >= 11 is 0.681. The van der Waals surface area contributed by atoms with E-state index in [0.29, 0.717) is 11.8 Å². The summed E-state index contributed by atoms with van der Waals surface area (Å²) < 4.78 is 79.7. The van der Waals surface area contributed by atoms with Crippen molar-refractivity contribution in [2.45, 2.75) is 11.1 Å². The van der Waals surface area contributed by atoms with E-state index in [9.17, 15) is 30.8 Å². The number of amides is 1. The molecule has 0 atom stereocenters. The molecule has 0 fully saturated rings. The number of halogens is 4. The Hall–Kier alpha value is -2.60. The van der Waals surface area contributed by atoms with E-state index >= 15 is 0 Å². The van der Waals surface area contributed by atoms with Crippen LogP contribution in [0.25, 0.3) is 0 Å². The Bertz CT molecular complexity index is 1070. The summed E-state index contributed by atoms with van der Waals surface area (Å²) in [6, 6.07) is 7.54. The maximum Gasteiger partial charge on any atom is 0.418 e. The van der Waals surface area contributed by atoms with Crippen molar-refractivity contribution in [1.82, 2.24) is 0 Å². The van der Waals surface area contributed by atoms with E-state index < -0.39 is 44.9 Å². The molecule has 0 aliphatic carbocycles. The number of carbonyl (C=O) groups is 1. The van der Waals surface area contributed by atoms with Crippen LogP contribution in [0, 0.1) is 5.82 Å². The van der Waals surface area contributed by atoms with Crippen LogP contribution in [0.15, 0.2) is 51.8 Å². The largest absolute Gasteiger partial charge is 0.418 e. The highest BCUT2D eigenvalue weighted by molar-refractivity contribution is 8.15. The quantitative estimate of drug-likeness (QED) is 0.721. The highest BCUT2D eigenvalue weighted by Gasteiger charge is 2.33. The number of alkyl halides is 3. The molecular formula is C16H11F4N3O3S2. The normalized spacial score (nSPS) is 15.2. The lowest BCUT2D eigenvalue weighted by Gasteiger charge is -2.17. The minimum absolute atomic E-state index is 0.0849. The predicted molar refractivity (Wildman–Crippen MR) is 97.2 cm³/mol. The molecule has 2 aromatic rings. The number of hydrogen-bond donors (Lipinski definition) is 2. The minimum atomic E-state index is -4.64. The number of sulfonamides is 1. The number of nitrogens with one attached hydrogen (secondary N) is 2. The fourth-order valence-electron chi connectivity index (χ4n) is 2.33. The van der Waals surface area contributed by atoms with Gasteiger partial charge in [0.15, 0.2) is 5.17 Å². The molecule has 6 nitrogen and oxygen atoms in total. The number of thioether (sulfide) groups is 1. The number of carbonyl (C=O) groups excluding carboxylic acids is 1. The zero-order valence-electron chi connectivity index (χ0n) is 13.7. The standard InChI is InChI=1S/C16H11F4N3O3S2/c17-9-5-6-12-13(7-9)28(25,26)23-15(22-12)27-8-14(24)21-11-4-2-1-3-10(11)16(18,19)20/h1-7H,8H2,(H,21,24)(H,22,23). The first-order chi connectivity index (χ1) is 13.1. The number of para-hydroxylation sites is 1. The van der Waals surface area contributed by atoms with Crippen LogP contribution in [-0.4, -0.2) is 25.2 Å². The summed E-state index contributed by atoms with van der Waals surface area (Å²) in [5.74, 6) is -1.93. The molecule has 1 amide bonds. The molecule has 2 N–H and O–H groups in total. The fourth-order valence-corrected chi connectivity index (χ4v) is 4.38. The Kier molecular flexibility index (Phi) is 5.35. The topological polar surface area (TPSA) is 87.6 Å². The monoisotopic (exact) mass is 433 g/mol. The van der Waals surface area contributed by atoms with Gasteiger partial charge in [-0.1, -0.05) is 23.9 Å². The molecule has 0 bridgehead atoms. The zero-order valence-corrected chi connectivity index (χ0v) is 15.4. The van der Waals surface area contributed by atoms with Gasteiger partial charge in [0.25, 0.3) is 10.0 Å². The third kappa shape index (κ3) is 4.44. The maximum atomic E-state index is 13.2. The third-order valence-electron chi connectivity index (χ3n) is 3.51. The first-order valence-electron chi connectivity index (χ1n) is 7.57. The molecule has 0 saturated carbocycles. The van der Waals surface area contributed by atoms with E-state index in [2.05, 4.69) is 15.0 Å². The van der Waals surface area contributed by atoms with Crippen LogP contribution >= 0.6 is 11.8 Å². The second-order valence-corrected chi connectivity index (χ2v) is 8.05.